The number of allylic oxidation sites excluding steroid dienone is 1. The van der Waals surface area contributed by atoms with Gasteiger partial charge in [0.05, 0.1) is 17.1 Å². The number of aliphatic imine (C=N–C) groups is 1. The van der Waals surface area contributed by atoms with Crippen LogP contribution in [0.3, 0.4) is 0 Å². The molecule has 7 nitrogen and oxygen atoms in total. The summed E-state index contributed by atoms with van der Waals surface area (Å²) in [4.78, 5) is 20.8. The van der Waals surface area contributed by atoms with Gasteiger partial charge in [0.2, 0.25) is 6.04 Å². The molecule has 2 aromatic carbocycles. The van der Waals surface area contributed by atoms with Crippen molar-refractivity contribution in [2.45, 2.75) is 31.3 Å². The van der Waals surface area contributed by atoms with Gasteiger partial charge in [-0.15, -0.1) is 0 Å². The summed E-state index contributed by atoms with van der Waals surface area (Å²) in [6.45, 7) is 7.45. The Morgan fingerprint density at radius 1 is 0.914 bits per heavy atom. The first kappa shape index (κ1) is 21.1. The Morgan fingerprint density at radius 3 is 2.54 bits per heavy atom. The lowest BCUT2D eigenvalue weighted by Crippen LogP contribution is -2.34. The van der Waals surface area contributed by atoms with Crippen molar-refractivity contribution in [1.82, 2.24) is 15.0 Å². The van der Waals surface area contributed by atoms with Gasteiger partial charge in [0, 0.05) is 65.7 Å². The monoisotopic (exact) mass is 459 g/mol. The number of imidazole rings is 1. The molecule has 1 fully saturated rings. The highest BCUT2D eigenvalue weighted by molar-refractivity contribution is 5.84. The van der Waals surface area contributed by atoms with E-state index in [1.807, 2.05) is 36.5 Å². The lowest BCUT2D eigenvalue weighted by atomic mass is 9.79. The quantitative estimate of drug-likeness (QED) is 0.310. The zero-order chi connectivity index (χ0) is 23.6. The molecule has 2 aliphatic rings. The number of pyridine rings is 1. The van der Waals surface area contributed by atoms with Crippen LogP contribution in [0.25, 0.3) is 27.3 Å². The van der Waals surface area contributed by atoms with Gasteiger partial charge < -0.3 is 20.5 Å². The minimum absolute atomic E-state index is 0.0960. The first-order valence-corrected chi connectivity index (χ1v) is 11.9. The number of anilines is 3. The van der Waals surface area contributed by atoms with E-state index in [1.165, 1.54) is 0 Å². The van der Waals surface area contributed by atoms with Crippen LogP contribution in [0.15, 0.2) is 83.8 Å². The van der Waals surface area contributed by atoms with Crippen molar-refractivity contribution in [3.05, 3.63) is 90.2 Å². The summed E-state index contributed by atoms with van der Waals surface area (Å²) in [7, 11) is 0. The summed E-state index contributed by atoms with van der Waals surface area (Å²) in [6.07, 6.45) is 10.3. The van der Waals surface area contributed by atoms with Crippen LogP contribution in [-0.2, 0) is 0 Å². The molecule has 35 heavy (non-hydrogen) atoms. The molecule has 0 spiro atoms. The summed E-state index contributed by atoms with van der Waals surface area (Å²) < 4.78 is 0. The molecule has 0 radical (unpaired) electrons. The first-order valence-electron chi connectivity index (χ1n) is 11.9. The molecule has 3 N–H and O–H groups in total. The van der Waals surface area contributed by atoms with E-state index in [-0.39, 0.29) is 18.0 Å². The summed E-state index contributed by atoms with van der Waals surface area (Å²) in [5.74, 6) is 1.11. The molecule has 0 amide bonds. The predicted octanol–water partition coefficient (Wildman–Crippen LogP) is 6.21. The number of aromatic amines is 1. The van der Waals surface area contributed by atoms with E-state index in [1.54, 1.807) is 12.4 Å². The third-order valence-electron chi connectivity index (χ3n) is 6.80. The van der Waals surface area contributed by atoms with Crippen molar-refractivity contribution in [3.63, 3.8) is 0 Å². The number of benzene rings is 2. The van der Waals surface area contributed by atoms with Crippen LogP contribution in [0.1, 0.15) is 19.3 Å². The van der Waals surface area contributed by atoms with Crippen LogP contribution in [-0.4, -0.2) is 33.3 Å². The Bertz CT molecular complexity index is 1440. The SMILES string of the molecule is [C-]#[N+]C1CCC2N=CC=C(Nc3ccc4nc(-c5ccc(Nc6ccncc6)cc5)[nH]c4c3)C2C1. The minimum Gasteiger partial charge on any atom is -0.358 e. The highest BCUT2D eigenvalue weighted by Gasteiger charge is 2.36. The van der Waals surface area contributed by atoms with Crippen LogP contribution in [0.5, 0.6) is 0 Å². The maximum absolute atomic E-state index is 7.45. The van der Waals surface area contributed by atoms with Gasteiger partial charge in [-0.3, -0.25) is 9.98 Å². The second-order valence-electron chi connectivity index (χ2n) is 9.07. The summed E-state index contributed by atoms with van der Waals surface area (Å²) in [6, 6.07) is 18.7. The largest absolute Gasteiger partial charge is 0.358 e. The molecule has 0 saturated heterocycles. The van der Waals surface area contributed by atoms with Crippen LogP contribution >= 0.6 is 0 Å². The number of hydrogen-bond donors (Lipinski definition) is 3. The average molecular weight is 460 g/mol. The smallest absolute Gasteiger partial charge is 0.224 e. The Balaban J connectivity index is 1.20. The first-order chi connectivity index (χ1) is 17.2. The minimum atomic E-state index is 0.0960. The molecule has 1 aliphatic carbocycles. The molecule has 4 aromatic rings. The molecule has 3 unspecified atom stereocenters. The van der Waals surface area contributed by atoms with Crippen LogP contribution < -0.4 is 10.6 Å². The van der Waals surface area contributed by atoms with Gasteiger partial charge >= 0.3 is 0 Å². The van der Waals surface area contributed by atoms with Gasteiger partial charge in [0.25, 0.3) is 0 Å². The van der Waals surface area contributed by atoms with Gasteiger partial charge in [0.1, 0.15) is 5.82 Å². The van der Waals surface area contributed by atoms with Gasteiger partial charge in [-0.2, -0.15) is 0 Å². The molecule has 0 bridgehead atoms. The number of fused-ring (bicyclic) bond motifs is 2. The molecule has 1 saturated carbocycles. The normalized spacial score (nSPS) is 21.1. The summed E-state index contributed by atoms with van der Waals surface area (Å²) in [5, 5.41) is 6.97. The number of nitrogens with zero attached hydrogens (tertiary/aromatic N) is 4. The summed E-state index contributed by atoms with van der Waals surface area (Å²) in [5.41, 5.74) is 7.09. The molecule has 7 heteroatoms. The third kappa shape index (κ3) is 4.38. The number of nitrogens with one attached hydrogen (secondary N) is 3. The standard InChI is InChI=1S/C28H25N7/c1-29-21-6-8-24-23(16-21)25(12-15-31-24)33-22-7-9-26-27(17-22)35-28(34-26)18-2-4-19(5-3-18)32-20-10-13-30-14-11-20/h2-5,7,9-15,17,21,23-24,33H,6,8,16H2,(H,30,32)(H,34,35). The number of rotatable bonds is 5. The average Bonchev–Trinajstić information content (AvgIpc) is 3.33. The predicted molar refractivity (Wildman–Crippen MR) is 141 cm³/mol. The molecular weight excluding hydrogens is 434 g/mol. The van der Waals surface area contributed by atoms with Gasteiger partial charge in [0.15, 0.2) is 0 Å². The van der Waals surface area contributed by atoms with Crippen LogP contribution in [0, 0.1) is 12.5 Å². The van der Waals surface area contributed by atoms with Crippen molar-refractivity contribution >= 4 is 34.3 Å². The molecular formula is C28H25N7. The number of H-pyrrole nitrogens is 1. The zero-order valence-electron chi connectivity index (χ0n) is 19.1. The van der Waals surface area contributed by atoms with Crippen molar-refractivity contribution in [2.24, 2.45) is 10.9 Å². The second-order valence-corrected chi connectivity index (χ2v) is 9.07. The van der Waals surface area contributed by atoms with Crippen LogP contribution in [0.2, 0.25) is 0 Å². The van der Waals surface area contributed by atoms with Crippen molar-refractivity contribution in [3.8, 4) is 11.4 Å². The molecule has 3 atom stereocenters. The Kier molecular flexibility index (Phi) is 5.47. The highest BCUT2D eigenvalue weighted by atomic mass is 15.0. The molecule has 6 rings (SSSR count). The van der Waals surface area contributed by atoms with E-state index in [0.29, 0.717) is 0 Å². The van der Waals surface area contributed by atoms with E-state index in [4.69, 9.17) is 11.6 Å². The maximum atomic E-state index is 7.45. The van der Waals surface area contributed by atoms with Crippen molar-refractivity contribution in [1.29, 1.82) is 0 Å². The Morgan fingerprint density at radius 2 is 1.71 bits per heavy atom. The molecule has 2 aromatic heterocycles. The zero-order valence-corrected chi connectivity index (χ0v) is 19.1. The molecule has 1 aliphatic heterocycles. The van der Waals surface area contributed by atoms with E-state index < -0.39 is 0 Å². The van der Waals surface area contributed by atoms with E-state index >= 15 is 0 Å². The Labute approximate surface area is 203 Å². The molecule has 3 heterocycles. The fraction of sp³-hybridized carbons (Fsp3) is 0.214. The number of hydrogen-bond acceptors (Lipinski definition) is 5. The van der Waals surface area contributed by atoms with Crippen molar-refractivity contribution < 1.29 is 0 Å². The summed E-state index contributed by atoms with van der Waals surface area (Å²) >= 11 is 0. The van der Waals surface area contributed by atoms with Gasteiger partial charge in [-0.1, -0.05) is 0 Å². The second kappa shape index (κ2) is 9.07. The highest BCUT2D eigenvalue weighted by Crippen LogP contribution is 2.36. The number of aromatic nitrogens is 3. The van der Waals surface area contributed by atoms with E-state index in [9.17, 15) is 0 Å². The lowest BCUT2D eigenvalue weighted by Gasteiger charge is -2.33. The fourth-order valence-electron chi connectivity index (χ4n) is 4.96. The molecule has 172 valence electrons. The Hall–Kier alpha value is -4.44. The maximum Gasteiger partial charge on any atom is 0.224 e. The van der Waals surface area contributed by atoms with E-state index in [2.05, 4.69) is 60.8 Å². The lowest BCUT2D eigenvalue weighted by molar-refractivity contribution is 0.336. The van der Waals surface area contributed by atoms with Crippen molar-refractivity contribution in [2.75, 3.05) is 10.6 Å². The topological polar surface area (TPSA) is 82.3 Å². The van der Waals surface area contributed by atoms with E-state index in [0.717, 1.165) is 64.4 Å². The van der Waals surface area contributed by atoms with Crippen LogP contribution in [0.4, 0.5) is 17.1 Å². The van der Waals surface area contributed by atoms with Gasteiger partial charge in [-0.05, 0) is 67.1 Å². The fourth-order valence-corrected chi connectivity index (χ4v) is 4.96. The van der Waals surface area contributed by atoms with Gasteiger partial charge in [-0.25, -0.2) is 11.6 Å². The number of dihydropyridines is 1. The third-order valence-corrected chi connectivity index (χ3v) is 6.80.